The Morgan fingerprint density at radius 2 is 2.08 bits per heavy atom. The number of hydrogen-bond acceptors (Lipinski definition) is 3. The largest absolute Gasteiger partial charge is 0.464 e. The molecule has 2 aromatic rings. The number of nitrogens with one attached hydrogen (secondary N) is 1. The third-order valence-corrected chi connectivity index (χ3v) is 5.57. The molecule has 1 aliphatic carbocycles. The van der Waals surface area contributed by atoms with E-state index in [9.17, 15) is 4.79 Å². The Bertz CT molecular complexity index is 753. The van der Waals surface area contributed by atoms with Crippen molar-refractivity contribution in [2.45, 2.75) is 38.5 Å². The predicted molar refractivity (Wildman–Crippen MR) is 102 cm³/mol. The third-order valence-electron chi connectivity index (χ3n) is 5.57. The van der Waals surface area contributed by atoms with Gasteiger partial charge in [-0.1, -0.05) is 0 Å². The zero-order valence-electron chi connectivity index (χ0n) is 14.8. The van der Waals surface area contributed by atoms with Crippen molar-refractivity contribution in [2.24, 2.45) is 5.92 Å². The molecule has 0 spiro atoms. The smallest absolute Gasteiger partial charge is 0.227 e. The van der Waals surface area contributed by atoms with Gasteiger partial charge in [0.2, 0.25) is 5.91 Å². The summed E-state index contributed by atoms with van der Waals surface area (Å²) in [6.45, 7) is 2.76. The van der Waals surface area contributed by atoms with Crippen LogP contribution >= 0.6 is 12.4 Å². The molecule has 0 bridgehead atoms. The summed E-state index contributed by atoms with van der Waals surface area (Å²) in [6.07, 6.45) is 8.10. The van der Waals surface area contributed by atoms with Gasteiger partial charge in [0.05, 0.1) is 12.7 Å². The molecule has 0 saturated carbocycles. The van der Waals surface area contributed by atoms with Gasteiger partial charge in [-0.2, -0.15) is 0 Å². The van der Waals surface area contributed by atoms with Gasteiger partial charge in [-0.3, -0.25) is 4.79 Å². The summed E-state index contributed by atoms with van der Waals surface area (Å²) < 4.78 is 5.74. The SMILES string of the molecule is CNCC1CCCN(C(=O)Cc2coc3cc4c(cc23)CCC4)C1.Cl. The Labute approximate surface area is 155 Å². The second-order valence-corrected chi connectivity index (χ2v) is 7.31. The lowest BCUT2D eigenvalue weighted by molar-refractivity contribution is -0.132. The van der Waals surface area contributed by atoms with Crippen molar-refractivity contribution in [1.82, 2.24) is 10.2 Å². The molecule has 1 fully saturated rings. The highest BCUT2D eigenvalue weighted by atomic mass is 35.5. The molecular weight excluding hydrogens is 336 g/mol. The summed E-state index contributed by atoms with van der Waals surface area (Å²) in [7, 11) is 1.98. The molecule has 4 nitrogen and oxygen atoms in total. The van der Waals surface area contributed by atoms with Crippen LogP contribution in [0.4, 0.5) is 0 Å². The topological polar surface area (TPSA) is 45.5 Å². The van der Waals surface area contributed by atoms with E-state index in [0.29, 0.717) is 12.3 Å². The first-order chi connectivity index (χ1) is 11.7. The number of furan rings is 1. The van der Waals surface area contributed by atoms with Crippen LogP contribution < -0.4 is 5.32 Å². The van der Waals surface area contributed by atoms with E-state index < -0.39 is 0 Å². The Hall–Kier alpha value is -1.52. The van der Waals surface area contributed by atoms with E-state index in [1.54, 1.807) is 6.26 Å². The molecule has 1 aliphatic heterocycles. The quantitative estimate of drug-likeness (QED) is 0.907. The summed E-state index contributed by atoms with van der Waals surface area (Å²) in [5, 5.41) is 4.37. The highest BCUT2D eigenvalue weighted by Gasteiger charge is 2.24. The van der Waals surface area contributed by atoms with Crippen LogP contribution in [0.5, 0.6) is 0 Å². The summed E-state index contributed by atoms with van der Waals surface area (Å²) in [5.74, 6) is 0.816. The van der Waals surface area contributed by atoms with Crippen molar-refractivity contribution in [1.29, 1.82) is 0 Å². The van der Waals surface area contributed by atoms with Crippen molar-refractivity contribution in [3.05, 3.63) is 35.1 Å². The molecule has 0 radical (unpaired) electrons. The van der Waals surface area contributed by atoms with Gasteiger partial charge in [-0.15, -0.1) is 12.4 Å². The van der Waals surface area contributed by atoms with E-state index in [1.165, 1.54) is 24.0 Å². The molecule has 2 heterocycles. The van der Waals surface area contributed by atoms with E-state index in [0.717, 1.165) is 55.4 Å². The lowest BCUT2D eigenvalue weighted by atomic mass is 9.97. The van der Waals surface area contributed by atoms with Crippen LogP contribution in [0.15, 0.2) is 22.8 Å². The van der Waals surface area contributed by atoms with Crippen LogP contribution in [-0.4, -0.2) is 37.5 Å². The van der Waals surface area contributed by atoms with Gasteiger partial charge in [-0.25, -0.2) is 0 Å². The first-order valence-corrected chi connectivity index (χ1v) is 9.19. The highest BCUT2D eigenvalue weighted by Crippen LogP contribution is 2.31. The zero-order valence-corrected chi connectivity index (χ0v) is 15.7. The van der Waals surface area contributed by atoms with Crippen LogP contribution in [0.25, 0.3) is 11.0 Å². The number of carbonyl (C=O) groups excluding carboxylic acids is 1. The van der Waals surface area contributed by atoms with Crippen LogP contribution in [0.3, 0.4) is 0 Å². The average Bonchev–Trinajstić information content (AvgIpc) is 3.20. The van der Waals surface area contributed by atoms with Gasteiger partial charge in [-0.05, 0) is 74.9 Å². The summed E-state index contributed by atoms with van der Waals surface area (Å²) in [5.41, 5.74) is 4.83. The Balaban J connectivity index is 0.00000182. The molecule has 2 aliphatic rings. The lowest BCUT2D eigenvalue weighted by Gasteiger charge is -2.32. The van der Waals surface area contributed by atoms with Crippen LogP contribution in [0.2, 0.25) is 0 Å². The number of carbonyl (C=O) groups is 1. The molecule has 25 heavy (non-hydrogen) atoms. The first-order valence-electron chi connectivity index (χ1n) is 9.19. The van der Waals surface area contributed by atoms with E-state index in [2.05, 4.69) is 17.4 Å². The van der Waals surface area contributed by atoms with Crippen molar-refractivity contribution in [3.63, 3.8) is 0 Å². The van der Waals surface area contributed by atoms with Gasteiger partial charge < -0.3 is 14.6 Å². The molecule has 1 saturated heterocycles. The van der Waals surface area contributed by atoms with Crippen LogP contribution in [-0.2, 0) is 24.1 Å². The van der Waals surface area contributed by atoms with Crippen LogP contribution in [0.1, 0.15) is 36.0 Å². The Morgan fingerprint density at radius 1 is 1.28 bits per heavy atom. The number of rotatable bonds is 4. The number of likely N-dealkylation sites (tertiary alicyclic amines) is 1. The fourth-order valence-corrected chi connectivity index (χ4v) is 4.31. The minimum Gasteiger partial charge on any atom is -0.464 e. The van der Waals surface area contributed by atoms with Gasteiger partial charge in [0, 0.05) is 24.0 Å². The normalized spacial score (nSPS) is 19.7. The number of halogens is 1. The molecule has 1 amide bonds. The monoisotopic (exact) mass is 362 g/mol. The number of nitrogens with zero attached hydrogens (tertiary/aromatic N) is 1. The third kappa shape index (κ3) is 3.70. The second kappa shape index (κ2) is 7.79. The summed E-state index contributed by atoms with van der Waals surface area (Å²) in [6, 6.07) is 4.43. The molecular formula is C20H27ClN2O2. The number of aryl methyl sites for hydroxylation is 2. The van der Waals surface area contributed by atoms with Gasteiger partial charge >= 0.3 is 0 Å². The Kier molecular flexibility index (Phi) is 5.70. The maximum Gasteiger partial charge on any atom is 0.227 e. The van der Waals surface area contributed by atoms with E-state index >= 15 is 0 Å². The molecule has 1 aromatic heterocycles. The zero-order chi connectivity index (χ0) is 16.5. The first kappa shape index (κ1) is 18.3. The minimum atomic E-state index is 0. The predicted octanol–water partition coefficient (Wildman–Crippen LogP) is 3.34. The van der Waals surface area contributed by atoms with E-state index in [1.807, 2.05) is 11.9 Å². The fourth-order valence-electron chi connectivity index (χ4n) is 4.31. The standard InChI is InChI=1S/C20H26N2O2.ClH/c1-21-11-14-4-3-7-22(12-14)20(23)10-17-13-24-19-9-16-6-2-5-15(16)8-18(17)19;/h8-9,13-14,21H,2-7,10-12H2,1H3;1H. The molecule has 5 heteroatoms. The summed E-state index contributed by atoms with van der Waals surface area (Å²) >= 11 is 0. The van der Waals surface area contributed by atoms with E-state index in [-0.39, 0.29) is 18.3 Å². The van der Waals surface area contributed by atoms with Gasteiger partial charge in [0.1, 0.15) is 5.58 Å². The lowest BCUT2D eigenvalue weighted by Crippen LogP contribution is -2.43. The van der Waals surface area contributed by atoms with Crippen molar-refractivity contribution in [3.8, 4) is 0 Å². The minimum absolute atomic E-state index is 0. The molecule has 4 rings (SSSR count). The number of piperidine rings is 1. The van der Waals surface area contributed by atoms with Crippen LogP contribution in [0, 0.1) is 5.92 Å². The number of benzene rings is 1. The van der Waals surface area contributed by atoms with Crippen molar-refractivity contribution < 1.29 is 9.21 Å². The van der Waals surface area contributed by atoms with Gasteiger partial charge in [0.15, 0.2) is 0 Å². The molecule has 1 unspecified atom stereocenters. The number of amides is 1. The highest BCUT2D eigenvalue weighted by molar-refractivity contribution is 5.88. The summed E-state index contributed by atoms with van der Waals surface area (Å²) in [4.78, 5) is 14.8. The van der Waals surface area contributed by atoms with Gasteiger partial charge in [0.25, 0.3) is 0 Å². The molecule has 136 valence electrons. The van der Waals surface area contributed by atoms with Crippen molar-refractivity contribution >= 4 is 29.3 Å². The second-order valence-electron chi connectivity index (χ2n) is 7.31. The average molecular weight is 363 g/mol. The molecule has 1 aromatic carbocycles. The maximum absolute atomic E-state index is 12.8. The number of hydrogen-bond donors (Lipinski definition) is 1. The van der Waals surface area contributed by atoms with Crippen molar-refractivity contribution in [2.75, 3.05) is 26.7 Å². The fraction of sp³-hybridized carbons (Fsp3) is 0.550. The maximum atomic E-state index is 12.8. The molecule has 1 atom stereocenters. The number of fused-ring (bicyclic) bond motifs is 2. The van der Waals surface area contributed by atoms with E-state index in [4.69, 9.17) is 4.42 Å². The Morgan fingerprint density at radius 3 is 2.88 bits per heavy atom. The molecule has 1 N–H and O–H groups in total.